The second kappa shape index (κ2) is 7.36. The van der Waals surface area contributed by atoms with Crippen LogP contribution < -0.4 is 5.32 Å². The molecular weight excluding hydrogens is 280 g/mol. The first-order valence-electron chi connectivity index (χ1n) is 8.87. The van der Waals surface area contributed by atoms with Gasteiger partial charge < -0.3 is 10.2 Å². The molecular formula is C17H30N2OS. The Morgan fingerprint density at radius 1 is 1.24 bits per heavy atom. The molecule has 120 valence electrons. The van der Waals surface area contributed by atoms with E-state index in [2.05, 4.69) is 28.9 Å². The molecule has 1 aliphatic carbocycles. The zero-order chi connectivity index (χ0) is 14.7. The molecule has 0 aromatic rings. The van der Waals surface area contributed by atoms with Gasteiger partial charge in [0.25, 0.3) is 0 Å². The molecule has 4 heteroatoms. The molecule has 3 unspecified atom stereocenters. The van der Waals surface area contributed by atoms with Crippen LogP contribution in [0, 0.1) is 11.8 Å². The van der Waals surface area contributed by atoms with Crippen LogP contribution >= 0.6 is 11.8 Å². The van der Waals surface area contributed by atoms with Crippen molar-refractivity contribution < 1.29 is 4.79 Å². The fourth-order valence-electron chi connectivity index (χ4n) is 4.38. The Kier molecular flexibility index (Phi) is 5.49. The van der Waals surface area contributed by atoms with Gasteiger partial charge in [0.05, 0.1) is 0 Å². The van der Waals surface area contributed by atoms with Gasteiger partial charge in [-0.2, -0.15) is 11.8 Å². The number of piperidine rings is 1. The van der Waals surface area contributed by atoms with Crippen LogP contribution in [0.4, 0.5) is 0 Å². The van der Waals surface area contributed by atoms with Crippen molar-refractivity contribution in [3.05, 3.63) is 0 Å². The summed E-state index contributed by atoms with van der Waals surface area (Å²) in [6.07, 6.45) is 8.51. The lowest BCUT2D eigenvalue weighted by atomic mass is 9.83. The Labute approximate surface area is 133 Å². The molecule has 21 heavy (non-hydrogen) atoms. The predicted octanol–water partition coefficient (Wildman–Crippen LogP) is 2.90. The second-order valence-corrected chi connectivity index (χ2v) is 8.46. The number of nitrogens with zero attached hydrogens (tertiary/aromatic N) is 1. The molecule has 2 heterocycles. The van der Waals surface area contributed by atoms with Gasteiger partial charge >= 0.3 is 0 Å². The number of hydrogen-bond donors (Lipinski definition) is 1. The maximum atomic E-state index is 12.8. The smallest absolute Gasteiger partial charge is 0.223 e. The summed E-state index contributed by atoms with van der Waals surface area (Å²) in [7, 11) is 0. The molecule has 0 aromatic heterocycles. The lowest BCUT2D eigenvalue weighted by Crippen LogP contribution is -2.52. The minimum Gasteiger partial charge on any atom is -0.338 e. The molecule has 1 amide bonds. The number of amides is 1. The Bertz CT molecular complexity index is 355. The van der Waals surface area contributed by atoms with Crippen LogP contribution in [0.1, 0.15) is 51.9 Å². The maximum absolute atomic E-state index is 12.8. The SMILES string of the molecule is CC(CC(=O)N1CCSC2CCCCC21)C1CCNCC1. The number of thioether (sulfide) groups is 1. The lowest BCUT2D eigenvalue weighted by Gasteiger charge is -2.44. The van der Waals surface area contributed by atoms with E-state index in [9.17, 15) is 4.79 Å². The number of carbonyl (C=O) groups is 1. The molecule has 2 saturated heterocycles. The van der Waals surface area contributed by atoms with E-state index in [1.165, 1.54) is 38.5 Å². The summed E-state index contributed by atoms with van der Waals surface area (Å²) in [6, 6.07) is 0.547. The Balaban J connectivity index is 1.56. The predicted molar refractivity (Wildman–Crippen MR) is 89.6 cm³/mol. The minimum absolute atomic E-state index is 0.443. The van der Waals surface area contributed by atoms with Gasteiger partial charge in [0.2, 0.25) is 5.91 Å². The largest absolute Gasteiger partial charge is 0.338 e. The molecule has 0 spiro atoms. The molecule has 0 aromatic carbocycles. The Morgan fingerprint density at radius 3 is 2.81 bits per heavy atom. The van der Waals surface area contributed by atoms with Crippen molar-refractivity contribution in [2.24, 2.45) is 11.8 Å². The van der Waals surface area contributed by atoms with Crippen molar-refractivity contribution in [3.63, 3.8) is 0 Å². The molecule has 3 nitrogen and oxygen atoms in total. The topological polar surface area (TPSA) is 32.3 Å². The Morgan fingerprint density at radius 2 is 2.00 bits per heavy atom. The third-order valence-corrected chi connectivity index (χ3v) is 7.13. The van der Waals surface area contributed by atoms with E-state index >= 15 is 0 Å². The molecule has 0 bridgehead atoms. The molecule has 3 atom stereocenters. The van der Waals surface area contributed by atoms with Crippen molar-refractivity contribution in [1.29, 1.82) is 0 Å². The van der Waals surface area contributed by atoms with E-state index < -0.39 is 0 Å². The molecule has 3 aliphatic rings. The molecule has 0 radical (unpaired) electrons. The molecule has 3 rings (SSSR count). The molecule has 3 fully saturated rings. The van der Waals surface area contributed by atoms with Crippen molar-refractivity contribution in [2.75, 3.05) is 25.4 Å². The van der Waals surface area contributed by atoms with Crippen LogP contribution in [-0.4, -0.2) is 47.5 Å². The van der Waals surface area contributed by atoms with Crippen LogP contribution in [-0.2, 0) is 4.79 Å². The second-order valence-electron chi connectivity index (χ2n) is 7.12. The fourth-order valence-corrected chi connectivity index (χ4v) is 5.82. The van der Waals surface area contributed by atoms with Gasteiger partial charge in [-0.05, 0) is 50.6 Å². The number of hydrogen-bond acceptors (Lipinski definition) is 3. The molecule has 1 saturated carbocycles. The van der Waals surface area contributed by atoms with E-state index in [0.29, 0.717) is 17.9 Å². The van der Waals surface area contributed by atoms with E-state index in [4.69, 9.17) is 0 Å². The van der Waals surface area contributed by atoms with Gasteiger partial charge in [-0.15, -0.1) is 0 Å². The van der Waals surface area contributed by atoms with Gasteiger partial charge in [0, 0.05) is 30.0 Å². The van der Waals surface area contributed by atoms with Gasteiger partial charge in [0.1, 0.15) is 0 Å². The summed E-state index contributed by atoms with van der Waals surface area (Å²) >= 11 is 2.11. The first-order chi connectivity index (χ1) is 10.3. The lowest BCUT2D eigenvalue weighted by molar-refractivity contribution is -0.135. The Hall–Kier alpha value is -0.220. The quantitative estimate of drug-likeness (QED) is 0.870. The highest BCUT2D eigenvalue weighted by molar-refractivity contribution is 8.00. The average molecular weight is 311 g/mol. The maximum Gasteiger partial charge on any atom is 0.223 e. The zero-order valence-corrected chi connectivity index (χ0v) is 14.2. The van der Waals surface area contributed by atoms with Crippen molar-refractivity contribution in [1.82, 2.24) is 10.2 Å². The third-order valence-electron chi connectivity index (χ3n) is 5.74. The summed E-state index contributed by atoms with van der Waals surface area (Å²) in [5.41, 5.74) is 0. The van der Waals surface area contributed by atoms with Crippen molar-refractivity contribution >= 4 is 17.7 Å². The fraction of sp³-hybridized carbons (Fsp3) is 0.941. The van der Waals surface area contributed by atoms with Crippen LogP contribution in [0.15, 0.2) is 0 Å². The third kappa shape index (κ3) is 3.76. The van der Waals surface area contributed by atoms with Gasteiger partial charge in [0.15, 0.2) is 0 Å². The summed E-state index contributed by atoms with van der Waals surface area (Å²) in [4.78, 5) is 15.1. The van der Waals surface area contributed by atoms with Gasteiger partial charge in [-0.3, -0.25) is 4.79 Å². The monoisotopic (exact) mass is 310 g/mol. The summed E-state index contributed by atoms with van der Waals surface area (Å²) in [5, 5.41) is 4.15. The van der Waals surface area contributed by atoms with E-state index in [1.807, 2.05) is 0 Å². The normalized spacial score (nSPS) is 32.5. The zero-order valence-electron chi connectivity index (χ0n) is 13.4. The van der Waals surface area contributed by atoms with Crippen LogP contribution in [0.3, 0.4) is 0 Å². The van der Waals surface area contributed by atoms with Crippen molar-refractivity contribution in [2.45, 2.75) is 63.2 Å². The van der Waals surface area contributed by atoms with E-state index in [1.54, 1.807) is 0 Å². The van der Waals surface area contributed by atoms with Crippen molar-refractivity contribution in [3.8, 4) is 0 Å². The highest BCUT2D eigenvalue weighted by atomic mass is 32.2. The van der Waals surface area contributed by atoms with Crippen LogP contribution in [0.5, 0.6) is 0 Å². The number of fused-ring (bicyclic) bond motifs is 1. The first kappa shape index (κ1) is 15.7. The highest BCUT2D eigenvalue weighted by Gasteiger charge is 2.36. The molecule has 1 N–H and O–H groups in total. The molecule has 2 aliphatic heterocycles. The standard InChI is InChI=1S/C17H30N2OS/c1-13(14-6-8-18-9-7-14)12-17(20)19-10-11-21-16-5-3-2-4-15(16)19/h13-16,18H,2-12H2,1H3. The summed E-state index contributed by atoms with van der Waals surface area (Å²) < 4.78 is 0. The van der Waals surface area contributed by atoms with Crippen LogP contribution in [0.25, 0.3) is 0 Å². The summed E-state index contributed by atoms with van der Waals surface area (Å²) in [5.74, 6) is 2.89. The van der Waals surface area contributed by atoms with Gasteiger partial charge in [-0.1, -0.05) is 19.8 Å². The summed E-state index contributed by atoms with van der Waals surface area (Å²) in [6.45, 7) is 5.55. The number of carbonyl (C=O) groups excluding carboxylic acids is 1. The average Bonchev–Trinajstić information content (AvgIpc) is 2.55. The highest BCUT2D eigenvalue weighted by Crippen LogP contribution is 2.36. The van der Waals surface area contributed by atoms with Crippen LogP contribution in [0.2, 0.25) is 0 Å². The van der Waals surface area contributed by atoms with E-state index in [-0.39, 0.29) is 0 Å². The number of rotatable bonds is 3. The van der Waals surface area contributed by atoms with E-state index in [0.717, 1.165) is 43.0 Å². The number of nitrogens with one attached hydrogen (secondary N) is 1. The van der Waals surface area contributed by atoms with Gasteiger partial charge in [-0.25, -0.2) is 0 Å². The first-order valence-corrected chi connectivity index (χ1v) is 9.92. The minimum atomic E-state index is 0.443.